The number of alkyl halides is 3. The van der Waals surface area contributed by atoms with Crippen LogP contribution in [0.2, 0.25) is 0 Å². The lowest BCUT2D eigenvalue weighted by atomic mass is 9.95. The molecule has 15 heavy (non-hydrogen) atoms. The van der Waals surface area contributed by atoms with E-state index in [1.807, 2.05) is 6.92 Å². The number of aliphatic hydroxyl groups is 1. The van der Waals surface area contributed by atoms with Crippen molar-refractivity contribution in [3.8, 4) is 0 Å². The summed E-state index contributed by atoms with van der Waals surface area (Å²) in [6.07, 6.45) is -4.51. The van der Waals surface area contributed by atoms with Crippen LogP contribution < -0.4 is 0 Å². The van der Waals surface area contributed by atoms with E-state index >= 15 is 0 Å². The van der Waals surface area contributed by atoms with E-state index in [2.05, 4.69) is 0 Å². The maximum Gasteiger partial charge on any atom is 0.389 e. The van der Waals surface area contributed by atoms with Gasteiger partial charge in [0.15, 0.2) is 0 Å². The Labute approximate surface area is 87.4 Å². The van der Waals surface area contributed by atoms with Gasteiger partial charge in [0.25, 0.3) is 0 Å². The lowest BCUT2D eigenvalue weighted by molar-refractivity contribution is -0.136. The number of hydrogen-bond acceptors (Lipinski definition) is 2. The average Bonchev–Trinajstić information content (AvgIpc) is 2.49. The number of ether oxygens (including phenoxy) is 1. The highest BCUT2D eigenvalue weighted by molar-refractivity contribution is 4.77. The molecular weight excluding hydrogens is 209 g/mol. The van der Waals surface area contributed by atoms with Crippen LogP contribution in [0.15, 0.2) is 0 Å². The van der Waals surface area contributed by atoms with Crippen LogP contribution in [0.3, 0.4) is 0 Å². The molecule has 0 aromatic heterocycles. The summed E-state index contributed by atoms with van der Waals surface area (Å²) >= 11 is 0. The SMILES string of the molecule is CC1CC(C(O)CCCC(F)(F)F)CO1. The molecule has 0 spiro atoms. The molecule has 0 aromatic carbocycles. The van der Waals surface area contributed by atoms with Crippen molar-refractivity contribution >= 4 is 0 Å². The highest BCUT2D eigenvalue weighted by atomic mass is 19.4. The van der Waals surface area contributed by atoms with E-state index < -0.39 is 18.7 Å². The van der Waals surface area contributed by atoms with Crippen molar-refractivity contribution in [1.29, 1.82) is 0 Å². The summed E-state index contributed by atoms with van der Waals surface area (Å²) < 4.78 is 40.8. The van der Waals surface area contributed by atoms with Crippen LogP contribution in [-0.4, -0.2) is 30.1 Å². The van der Waals surface area contributed by atoms with Crippen molar-refractivity contribution in [3.63, 3.8) is 0 Å². The molecule has 1 aliphatic rings. The Balaban J connectivity index is 2.16. The lowest BCUT2D eigenvalue weighted by Crippen LogP contribution is -2.21. The molecule has 1 rings (SSSR count). The summed E-state index contributed by atoms with van der Waals surface area (Å²) in [7, 11) is 0. The van der Waals surface area contributed by atoms with E-state index in [0.717, 1.165) is 6.42 Å². The number of halogens is 3. The summed E-state index contributed by atoms with van der Waals surface area (Å²) in [6.45, 7) is 2.37. The van der Waals surface area contributed by atoms with Gasteiger partial charge in [0.05, 0.1) is 18.8 Å². The second kappa shape index (κ2) is 5.16. The first-order valence-electron chi connectivity index (χ1n) is 5.25. The third kappa shape index (κ3) is 4.84. The first kappa shape index (κ1) is 12.8. The first-order valence-corrected chi connectivity index (χ1v) is 5.25. The van der Waals surface area contributed by atoms with Crippen LogP contribution in [0.4, 0.5) is 13.2 Å². The summed E-state index contributed by atoms with van der Waals surface area (Å²) in [5.74, 6) is 0.00762. The molecule has 1 aliphatic heterocycles. The maximum absolute atomic E-state index is 11.8. The highest BCUT2D eigenvalue weighted by Gasteiger charge is 2.30. The van der Waals surface area contributed by atoms with Crippen LogP contribution in [0.5, 0.6) is 0 Å². The Bertz CT molecular complexity index is 194. The van der Waals surface area contributed by atoms with Gasteiger partial charge >= 0.3 is 6.18 Å². The summed E-state index contributed by atoms with van der Waals surface area (Å²) in [4.78, 5) is 0. The van der Waals surface area contributed by atoms with E-state index in [1.165, 1.54) is 0 Å². The molecule has 1 N–H and O–H groups in total. The predicted molar refractivity (Wildman–Crippen MR) is 49.4 cm³/mol. The number of aliphatic hydroxyl groups excluding tert-OH is 1. The van der Waals surface area contributed by atoms with Crippen LogP contribution in [-0.2, 0) is 4.74 Å². The molecule has 0 radical (unpaired) electrons. The van der Waals surface area contributed by atoms with Gasteiger partial charge in [0.1, 0.15) is 0 Å². The topological polar surface area (TPSA) is 29.5 Å². The lowest BCUT2D eigenvalue weighted by Gasteiger charge is -2.16. The van der Waals surface area contributed by atoms with Gasteiger partial charge in [0.2, 0.25) is 0 Å². The van der Waals surface area contributed by atoms with Crippen LogP contribution in [0.1, 0.15) is 32.6 Å². The van der Waals surface area contributed by atoms with E-state index in [0.29, 0.717) is 6.61 Å². The van der Waals surface area contributed by atoms with E-state index in [-0.39, 0.29) is 24.9 Å². The Kier molecular flexibility index (Phi) is 4.40. The molecule has 1 saturated heterocycles. The molecule has 0 amide bonds. The molecule has 3 atom stereocenters. The van der Waals surface area contributed by atoms with E-state index in [9.17, 15) is 18.3 Å². The fourth-order valence-electron chi connectivity index (χ4n) is 1.87. The molecule has 0 bridgehead atoms. The minimum atomic E-state index is -4.11. The second-order valence-electron chi connectivity index (χ2n) is 4.21. The monoisotopic (exact) mass is 226 g/mol. The Morgan fingerprint density at radius 1 is 1.47 bits per heavy atom. The second-order valence-corrected chi connectivity index (χ2v) is 4.21. The fourth-order valence-corrected chi connectivity index (χ4v) is 1.87. The summed E-state index contributed by atoms with van der Waals surface area (Å²) in [6, 6.07) is 0. The van der Waals surface area contributed by atoms with Gasteiger partial charge in [-0.15, -0.1) is 0 Å². The van der Waals surface area contributed by atoms with Crippen molar-refractivity contribution in [3.05, 3.63) is 0 Å². The predicted octanol–water partition coefficient (Wildman–Crippen LogP) is 2.50. The molecule has 0 aliphatic carbocycles. The molecule has 3 unspecified atom stereocenters. The average molecular weight is 226 g/mol. The quantitative estimate of drug-likeness (QED) is 0.798. The standard InChI is InChI=1S/C10H17F3O2/c1-7-5-8(6-15-7)9(14)3-2-4-10(11,12)13/h7-9,14H,2-6H2,1H3. The largest absolute Gasteiger partial charge is 0.393 e. The summed E-state index contributed by atoms with van der Waals surface area (Å²) in [5, 5.41) is 9.62. The van der Waals surface area contributed by atoms with Gasteiger partial charge < -0.3 is 9.84 Å². The molecular formula is C10H17F3O2. The van der Waals surface area contributed by atoms with Crippen molar-refractivity contribution in [2.24, 2.45) is 5.92 Å². The van der Waals surface area contributed by atoms with Gasteiger partial charge in [-0.25, -0.2) is 0 Å². The molecule has 1 heterocycles. The zero-order valence-electron chi connectivity index (χ0n) is 8.76. The van der Waals surface area contributed by atoms with Crippen LogP contribution in [0.25, 0.3) is 0 Å². The van der Waals surface area contributed by atoms with Gasteiger partial charge in [-0.2, -0.15) is 13.2 Å². The van der Waals surface area contributed by atoms with Gasteiger partial charge in [0, 0.05) is 12.3 Å². The maximum atomic E-state index is 11.8. The highest BCUT2D eigenvalue weighted by Crippen LogP contribution is 2.27. The fraction of sp³-hybridized carbons (Fsp3) is 1.00. The van der Waals surface area contributed by atoms with Crippen molar-refractivity contribution in [2.75, 3.05) is 6.61 Å². The zero-order valence-corrected chi connectivity index (χ0v) is 8.76. The summed E-state index contributed by atoms with van der Waals surface area (Å²) in [5.41, 5.74) is 0. The van der Waals surface area contributed by atoms with Crippen molar-refractivity contribution in [2.45, 2.75) is 51.0 Å². The molecule has 2 nitrogen and oxygen atoms in total. The minimum Gasteiger partial charge on any atom is -0.393 e. The van der Waals surface area contributed by atoms with Gasteiger partial charge in [-0.3, -0.25) is 0 Å². The Hall–Kier alpha value is -0.290. The normalized spacial score (nSPS) is 29.4. The molecule has 5 heteroatoms. The molecule has 90 valence electrons. The first-order chi connectivity index (χ1) is 6.88. The number of rotatable bonds is 4. The van der Waals surface area contributed by atoms with Gasteiger partial charge in [-0.1, -0.05) is 0 Å². The third-order valence-electron chi connectivity index (χ3n) is 2.73. The zero-order chi connectivity index (χ0) is 11.5. The van der Waals surface area contributed by atoms with E-state index in [4.69, 9.17) is 4.74 Å². The smallest absolute Gasteiger partial charge is 0.389 e. The van der Waals surface area contributed by atoms with Crippen molar-refractivity contribution in [1.82, 2.24) is 0 Å². The minimum absolute atomic E-state index is 0.00442. The van der Waals surface area contributed by atoms with E-state index in [1.54, 1.807) is 0 Å². The van der Waals surface area contributed by atoms with Crippen molar-refractivity contribution < 1.29 is 23.0 Å². The molecule has 0 saturated carbocycles. The molecule has 0 aromatic rings. The van der Waals surface area contributed by atoms with Crippen LogP contribution in [0, 0.1) is 5.92 Å². The van der Waals surface area contributed by atoms with Crippen LogP contribution >= 0.6 is 0 Å². The molecule has 1 fully saturated rings. The Morgan fingerprint density at radius 3 is 2.60 bits per heavy atom. The third-order valence-corrected chi connectivity index (χ3v) is 2.73. The Morgan fingerprint density at radius 2 is 2.13 bits per heavy atom. The van der Waals surface area contributed by atoms with Gasteiger partial charge in [-0.05, 0) is 26.2 Å². The number of hydrogen-bond donors (Lipinski definition) is 1.